The number of aromatic nitrogens is 3. The summed E-state index contributed by atoms with van der Waals surface area (Å²) in [5.41, 5.74) is 5.40. The summed E-state index contributed by atoms with van der Waals surface area (Å²) in [6.45, 7) is 22.7. The van der Waals surface area contributed by atoms with Gasteiger partial charge in [-0.25, -0.2) is 43.6 Å². The highest BCUT2D eigenvalue weighted by Gasteiger charge is 2.47. The topological polar surface area (TPSA) is 329 Å². The number of halogens is 1. The van der Waals surface area contributed by atoms with Crippen LogP contribution in [0.3, 0.4) is 0 Å². The molecule has 7 aromatic rings. The molecule has 0 bridgehead atoms. The number of hydrogen-bond donors (Lipinski definition) is 4. The van der Waals surface area contributed by atoms with Crippen LogP contribution in [0.25, 0.3) is 33.1 Å². The van der Waals surface area contributed by atoms with Gasteiger partial charge in [0.2, 0.25) is 23.6 Å². The van der Waals surface area contributed by atoms with Gasteiger partial charge in [0.15, 0.2) is 44.5 Å². The molecule has 11 rings (SSSR count). The molecule has 4 aromatic carbocycles. The third kappa shape index (κ3) is 22.4. The molecule has 4 N–H and O–H groups in total. The molecule has 4 saturated heterocycles. The lowest BCUT2D eigenvalue weighted by molar-refractivity contribution is -0.118. The highest BCUT2D eigenvalue weighted by molar-refractivity contribution is 7.94. The van der Waals surface area contributed by atoms with E-state index in [4.69, 9.17) is 30.5 Å². The molecule has 4 amide bonds. The Morgan fingerprint density at radius 3 is 1.24 bits per heavy atom. The maximum Gasteiger partial charge on any atom is 0.247 e. The predicted molar refractivity (Wildman–Crippen MR) is 421 cm³/mol. The van der Waals surface area contributed by atoms with E-state index in [1.54, 1.807) is 30.5 Å². The molecule has 0 aliphatic carbocycles. The molecule has 4 fully saturated rings. The van der Waals surface area contributed by atoms with Crippen molar-refractivity contribution in [3.63, 3.8) is 0 Å². The summed E-state index contributed by atoms with van der Waals surface area (Å²) in [7, 11) is -14.4. The number of rotatable bonds is 21. The molecule has 106 heavy (non-hydrogen) atoms. The molecule has 0 radical (unpaired) electrons. The van der Waals surface area contributed by atoms with Crippen LogP contribution in [-0.4, -0.2) is 167 Å². The van der Waals surface area contributed by atoms with Gasteiger partial charge < -0.3 is 40.2 Å². The van der Waals surface area contributed by atoms with Crippen LogP contribution in [0.15, 0.2) is 127 Å². The number of pyridine rings is 2. The zero-order chi connectivity index (χ0) is 77.5. The number of sulfone groups is 4. The Balaban J connectivity index is 0.000000179. The average molecular weight is 1580 g/mol. The minimum Gasteiger partial charge on any atom is -0.381 e. The van der Waals surface area contributed by atoms with Crippen molar-refractivity contribution in [1.29, 1.82) is 0 Å². The highest BCUT2D eigenvalue weighted by Crippen LogP contribution is 2.34. The summed E-state index contributed by atoms with van der Waals surface area (Å²) in [6, 6.07) is 35.2. The quantitative estimate of drug-likeness (QED) is 0.0519. The van der Waals surface area contributed by atoms with Crippen LogP contribution in [-0.2, 0) is 82.9 Å². The number of hydrogen-bond acceptors (Lipinski definition) is 20. The maximum atomic E-state index is 12.9. The molecule has 4 aliphatic heterocycles. The standard InChI is InChI=1S/C20H31NO4S.C19H23ClN2O4S2.2C19H24N2O4S/c1-19(2,3)16-6-8-17(9-7-16)21-18(22)20(4,5)26(23,24)14-15-10-12-25-13-11-15;1-19(2,28(24,25)12-13-7-9-26-10-8-13)17(23)22-18-21-16(11-27-18)14-3-5-15(20)6-4-14;1-19(2,26(23,24)13-14-7-9-25-10-8-14)18(22)21-16-11-15-5-3-4-6-17(15)20-12-16;1-19(2,26(23,24)13-14-9-11-25-12-10-14)18(22)21-17-8-7-15-5-3-4-6-16(15)20-17/h6-9,15H,10-14H2,1-5H3,(H,21,22);3-6,11,13H,7-10,12H2,1-2H3,(H,21,22,23);3-6,11-12,14H,7-10,13H2,1-2H3,(H,21,22);3-8,14H,9-13H2,1-2H3,(H,20,21,22). The number of benzene rings is 4. The van der Waals surface area contributed by atoms with Gasteiger partial charge in [-0.3, -0.25) is 24.2 Å². The molecule has 0 saturated carbocycles. The lowest BCUT2D eigenvalue weighted by Gasteiger charge is -2.28. The van der Waals surface area contributed by atoms with Crippen LogP contribution in [0.2, 0.25) is 5.02 Å². The third-order valence-corrected chi connectivity index (χ3v) is 31.7. The SMILES string of the molecule is CC(C)(C(=O)Nc1ccc2ccccc2n1)S(=O)(=O)CC1CCOCC1.CC(C)(C(=O)Nc1cnc2ccccc2c1)S(=O)(=O)CC1CCOCC1.CC(C)(C(=O)Nc1nc(-c2ccc(Cl)cc2)cs1)S(=O)(=O)CC1CCOCC1.CC(C)(C)c1ccc(NC(=O)C(C)(C)S(=O)(=O)CC2CCOCC2)cc1. The number of ether oxygens (including phenoxy) is 4. The lowest BCUT2D eigenvalue weighted by atomic mass is 9.87. The van der Waals surface area contributed by atoms with Crippen molar-refractivity contribution in [3.8, 4) is 11.3 Å². The van der Waals surface area contributed by atoms with E-state index in [1.165, 1.54) is 66.7 Å². The number of amides is 4. The highest BCUT2D eigenvalue weighted by atomic mass is 35.5. The van der Waals surface area contributed by atoms with E-state index in [1.807, 2.05) is 96.4 Å². The van der Waals surface area contributed by atoms with E-state index in [2.05, 4.69) is 57.0 Å². The van der Waals surface area contributed by atoms with E-state index in [-0.39, 0.29) is 52.1 Å². The first-order valence-corrected chi connectivity index (χ1v) is 43.6. The van der Waals surface area contributed by atoms with Crippen molar-refractivity contribution in [2.75, 3.05) is 97.1 Å². The van der Waals surface area contributed by atoms with Gasteiger partial charge >= 0.3 is 0 Å². The number of anilines is 4. The lowest BCUT2D eigenvalue weighted by Crippen LogP contribution is -2.47. The number of para-hydroxylation sites is 2. The largest absolute Gasteiger partial charge is 0.381 e. The molecule has 4 aliphatic rings. The molecule has 7 heterocycles. The van der Waals surface area contributed by atoms with Gasteiger partial charge in [0.1, 0.15) is 24.8 Å². The second-order valence-corrected chi connectivity index (χ2v) is 42.0. The number of nitrogens with one attached hydrogen (secondary N) is 4. The van der Waals surface area contributed by atoms with Crippen molar-refractivity contribution in [1.82, 2.24) is 15.0 Å². The van der Waals surface area contributed by atoms with Crippen LogP contribution in [0.4, 0.5) is 22.3 Å². The Morgan fingerprint density at radius 1 is 0.434 bits per heavy atom. The Bertz CT molecular complexity index is 4490. The van der Waals surface area contributed by atoms with E-state index in [0.717, 1.165) is 45.8 Å². The molecule has 0 atom stereocenters. The summed E-state index contributed by atoms with van der Waals surface area (Å²) >= 11 is 7.15. The molecular formula is C77H102ClN7O16S5. The van der Waals surface area contributed by atoms with Gasteiger partial charge in [-0.1, -0.05) is 93.0 Å². The maximum absolute atomic E-state index is 12.9. The van der Waals surface area contributed by atoms with Gasteiger partial charge in [0.25, 0.3) is 0 Å². The van der Waals surface area contributed by atoms with E-state index < -0.39 is 82.0 Å². The summed E-state index contributed by atoms with van der Waals surface area (Å²) in [5, 5.41) is 15.4. The molecule has 23 nitrogen and oxygen atoms in total. The van der Waals surface area contributed by atoms with Crippen LogP contribution in [0.5, 0.6) is 0 Å². The smallest absolute Gasteiger partial charge is 0.247 e. The third-order valence-electron chi connectivity index (χ3n) is 20.0. The minimum absolute atomic E-state index is 0.00191. The molecule has 3 aromatic heterocycles. The van der Waals surface area contributed by atoms with Crippen LogP contribution in [0.1, 0.15) is 133 Å². The number of thiazole rings is 1. The number of carbonyl (C=O) groups is 4. The van der Waals surface area contributed by atoms with Gasteiger partial charge in [-0.2, -0.15) is 0 Å². The number of carbonyl (C=O) groups excluding carboxylic acids is 4. The Morgan fingerprint density at radius 2 is 0.811 bits per heavy atom. The zero-order valence-electron chi connectivity index (χ0n) is 62.4. The first kappa shape index (κ1) is 84.8. The van der Waals surface area contributed by atoms with Gasteiger partial charge in [0.05, 0.1) is 51.6 Å². The normalized spacial score (nSPS) is 16.6. The molecule has 578 valence electrons. The zero-order valence-corrected chi connectivity index (χ0v) is 67.2. The monoisotopic (exact) mass is 1580 g/mol. The summed E-state index contributed by atoms with van der Waals surface area (Å²) in [6.07, 6.45) is 7.25. The van der Waals surface area contributed by atoms with Gasteiger partial charge in [-0.15, -0.1) is 11.3 Å². The first-order chi connectivity index (χ1) is 49.7. The van der Waals surface area contributed by atoms with E-state index >= 15 is 0 Å². The number of nitrogens with zero attached hydrogens (tertiary/aromatic N) is 3. The van der Waals surface area contributed by atoms with Crippen molar-refractivity contribution in [2.45, 2.75) is 152 Å². The first-order valence-electron chi connectivity index (χ1n) is 35.7. The van der Waals surface area contributed by atoms with Crippen molar-refractivity contribution in [3.05, 3.63) is 137 Å². The van der Waals surface area contributed by atoms with Gasteiger partial charge in [-0.05, 0) is 196 Å². The fourth-order valence-corrected chi connectivity index (χ4v) is 19.4. The van der Waals surface area contributed by atoms with Gasteiger partial charge in [0, 0.05) is 85.3 Å². The molecule has 0 spiro atoms. The molecule has 29 heteroatoms. The van der Waals surface area contributed by atoms with Crippen LogP contribution >= 0.6 is 22.9 Å². The summed E-state index contributed by atoms with van der Waals surface area (Å²) in [4.78, 5) is 63.9. The molecular weight excluding hydrogens is 1470 g/mol. The van der Waals surface area contributed by atoms with Crippen molar-refractivity contribution in [2.24, 2.45) is 23.7 Å². The predicted octanol–water partition coefficient (Wildman–Crippen LogP) is 13.2. The molecule has 0 unspecified atom stereocenters. The summed E-state index contributed by atoms with van der Waals surface area (Å²) < 4.78 is 118. The fraction of sp³-hybridized carbons (Fsp3) is 0.519. The Labute approximate surface area is 633 Å². The Kier molecular flexibility index (Phi) is 28.9. The second kappa shape index (κ2) is 36.1. The van der Waals surface area contributed by atoms with Crippen LogP contribution < -0.4 is 21.3 Å². The fourth-order valence-electron chi connectivity index (χ4n) is 11.8. The average Bonchev–Trinajstić information content (AvgIpc) is 0.950. The van der Waals surface area contributed by atoms with Crippen molar-refractivity contribution >= 4 is 130 Å². The van der Waals surface area contributed by atoms with E-state index in [0.29, 0.717) is 124 Å². The van der Waals surface area contributed by atoms with E-state index in [9.17, 15) is 52.8 Å². The second-order valence-electron chi connectivity index (χ2n) is 30.4. The number of fused-ring (bicyclic) bond motifs is 2. The van der Waals surface area contributed by atoms with Crippen molar-refractivity contribution < 1.29 is 71.8 Å². The Hall–Kier alpha value is -6.86. The summed E-state index contributed by atoms with van der Waals surface area (Å²) in [5.74, 6) is -1.61. The minimum atomic E-state index is -3.63. The van der Waals surface area contributed by atoms with Crippen LogP contribution in [0, 0.1) is 23.7 Å².